The van der Waals surface area contributed by atoms with Gasteiger partial charge >= 0.3 is 21.1 Å². The molecule has 53 heavy (non-hydrogen) atoms. The molecule has 0 N–H and O–H groups in total. The summed E-state index contributed by atoms with van der Waals surface area (Å²) in [5.74, 6) is 0.858. The van der Waals surface area contributed by atoms with E-state index in [1.165, 1.54) is 27.9 Å². The van der Waals surface area contributed by atoms with E-state index in [0.29, 0.717) is 0 Å². The molecule has 0 unspecified atom stereocenters. The van der Waals surface area contributed by atoms with Gasteiger partial charge in [-0.15, -0.1) is 35.7 Å². The number of aromatic nitrogens is 2. The van der Waals surface area contributed by atoms with Gasteiger partial charge in [0.15, 0.2) is 0 Å². The standard InChI is InChI=1S/C47H39N5.Pt/c1-33-15-8-9-20-39(33)34-27-28-48-46(29-34)52-42-22-11-10-21-40(42)41-26-25-38(31-45(41)52)51(35-16-6-5-7-17-35)37-19-14-18-36(30-37)49-32-50(47(2,3)4)44-24-13-12-23-43(44)49;/h5-29H,32H2,1-4H3;/q-2;+2. The Labute approximate surface area is 326 Å². The molecule has 262 valence electrons. The van der Waals surface area contributed by atoms with Crippen molar-refractivity contribution in [2.45, 2.75) is 33.2 Å². The molecule has 1 aliphatic rings. The van der Waals surface area contributed by atoms with E-state index >= 15 is 0 Å². The third-order valence-electron chi connectivity index (χ3n) is 10.1. The summed E-state index contributed by atoms with van der Waals surface area (Å²) < 4.78 is 2.25. The predicted octanol–water partition coefficient (Wildman–Crippen LogP) is 11.9. The molecule has 1 aliphatic heterocycles. The first kappa shape index (κ1) is 34.4. The maximum atomic E-state index is 4.94. The van der Waals surface area contributed by atoms with Gasteiger partial charge in [-0.3, -0.25) is 0 Å². The first-order chi connectivity index (χ1) is 25.3. The van der Waals surface area contributed by atoms with E-state index in [9.17, 15) is 0 Å². The van der Waals surface area contributed by atoms with Crippen LogP contribution in [0.3, 0.4) is 0 Å². The van der Waals surface area contributed by atoms with Crippen LogP contribution in [0.4, 0.5) is 34.1 Å². The van der Waals surface area contributed by atoms with E-state index in [1.54, 1.807) is 0 Å². The third-order valence-corrected chi connectivity index (χ3v) is 10.1. The number of benzene rings is 6. The Morgan fingerprint density at radius 3 is 2.19 bits per heavy atom. The minimum Gasteiger partial charge on any atom is -0.358 e. The van der Waals surface area contributed by atoms with Gasteiger partial charge in [-0.2, -0.15) is 12.1 Å². The number of anilines is 6. The molecule has 0 saturated heterocycles. The maximum absolute atomic E-state index is 4.94. The van der Waals surface area contributed by atoms with Crippen LogP contribution in [0.15, 0.2) is 152 Å². The van der Waals surface area contributed by atoms with Gasteiger partial charge in [-0.25, -0.2) is 4.98 Å². The number of hydrogen-bond acceptors (Lipinski definition) is 4. The molecule has 8 aromatic rings. The number of hydrogen-bond donors (Lipinski definition) is 0. The predicted molar refractivity (Wildman–Crippen MR) is 217 cm³/mol. The molecule has 0 spiro atoms. The Hall–Kier alpha value is -5.64. The minimum atomic E-state index is -0.0321. The van der Waals surface area contributed by atoms with Crippen LogP contribution in [0, 0.1) is 19.1 Å². The summed E-state index contributed by atoms with van der Waals surface area (Å²) in [4.78, 5) is 12.0. The zero-order valence-corrected chi connectivity index (χ0v) is 32.5. The number of rotatable bonds is 6. The molecule has 0 fully saturated rings. The summed E-state index contributed by atoms with van der Waals surface area (Å²) in [6, 6.07) is 59.1. The molecule has 6 heteroatoms. The van der Waals surface area contributed by atoms with E-state index in [0.717, 1.165) is 57.2 Å². The second-order valence-corrected chi connectivity index (χ2v) is 14.4. The van der Waals surface area contributed by atoms with Gasteiger partial charge in [0.05, 0.1) is 18.0 Å². The van der Waals surface area contributed by atoms with Crippen molar-refractivity contribution in [2.75, 3.05) is 21.4 Å². The number of fused-ring (bicyclic) bond motifs is 4. The molecule has 0 amide bonds. The van der Waals surface area contributed by atoms with Crippen molar-refractivity contribution < 1.29 is 21.1 Å². The Balaban J connectivity index is 0.00000400. The van der Waals surface area contributed by atoms with E-state index in [2.05, 4.69) is 205 Å². The van der Waals surface area contributed by atoms with Gasteiger partial charge in [0.2, 0.25) is 0 Å². The van der Waals surface area contributed by atoms with E-state index in [1.807, 2.05) is 6.20 Å². The fraction of sp³-hybridized carbons (Fsp3) is 0.128. The molecule has 0 atom stereocenters. The van der Waals surface area contributed by atoms with Crippen LogP contribution in [0.25, 0.3) is 38.8 Å². The van der Waals surface area contributed by atoms with Crippen LogP contribution in [0.2, 0.25) is 0 Å². The average Bonchev–Trinajstić information content (AvgIpc) is 3.73. The summed E-state index contributed by atoms with van der Waals surface area (Å²) in [5, 5.41) is 2.29. The van der Waals surface area contributed by atoms with Gasteiger partial charge in [0, 0.05) is 22.9 Å². The Morgan fingerprint density at radius 1 is 0.660 bits per heavy atom. The minimum absolute atomic E-state index is 0. The van der Waals surface area contributed by atoms with Crippen LogP contribution in [-0.4, -0.2) is 21.8 Å². The van der Waals surface area contributed by atoms with Gasteiger partial charge in [-0.05, 0) is 92.2 Å². The summed E-state index contributed by atoms with van der Waals surface area (Å²) in [6.07, 6.45) is 1.91. The van der Waals surface area contributed by atoms with Crippen molar-refractivity contribution in [3.8, 4) is 16.9 Å². The molecule has 6 aromatic carbocycles. The molecule has 0 aliphatic carbocycles. The summed E-state index contributed by atoms with van der Waals surface area (Å²) in [6.45, 7) is 9.71. The molecule has 0 bridgehead atoms. The number of nitrogens with zero attached hydrogens (tertiary/aromatic N) is 5. The number of aryl methyl sites for hydroxylation is 1. The number of para-hydroxylation sites is 4. The van der Waals surface area contributed by atoms with Gasteiger partial charge < -0.3 is 19.3 Å². The Morgan fingerprint density at radius 2 is 1.38 bits per heavy atom. The first-order valence-electron chi connectivity index (χ1n) is 17.8. The van der Waals surface area contributed by atoms with Crippen molar-refractivity contribution in [3.05, 3.63) is 169 Å². The van der Waals surface area contributed by atoms with E-state index in [4.69, 9.17) is 4.98 Å². The van der Waals surface area contributed by atoms with Crippen LogP contribution in [-0.2, 0) is 21.1 Å². The zero-order chi connectivity index (χ0) is 35.4. The fourth-order valence-corrected chi connectivity index (χ4v) is 7.57. The van der Waals surface area contributed by atoms with Crippen molar-refractivity contribution in [3.63, 3.8) is 0 Å². The van der Waals surface area contributed by atoms with Crippen molar-refractivity contribution in [2.24, 2.45) is 0 Å². The summed E-state index contributed by atoms with van der Waals surface area (Å²) in [5.41, 5.74) is 11.9. The Kier molecular flexibility index (Phi) is 8.92. The fourth-order valence-electron chi connectivity index (χ4n) is 7.57. The van der Waals surface area contributed by atoms with Crippen LogP contribution < -0.4 is 14.7 Å². The summed E-state index contributed by atoms with van der Waals surface area (Å²) in [7, 11) is 0. The molecular formula is C47H39N5Pt. The quantitative estimate of drug-likeness (QED) is 0.156. The van der Waals surface area contributed by atoms with Crippen molar-refractivity contribution >= 4 is 55.9 Å². The Bertz CT molecular complexity index is 2590. The monoisotopic (exact) mass is 868 g/mol. The van der Waals surface area contributed by atoms with E-state index < -0.39 is 0 Å². The molecule has 5 nitrogen and oxygen atoms in total. The van der Waals surface area contributed by atoms with Crippen LogP contribution in [0.1, 0.15) is 26.3 Å². The smallest absolute Gasteiger partial charge is 0.358 e. The average molecular weight is 869 g/mol. The van der Waals surface area contributed by atoms with Gasteiger partial charge in [-0.1, -0.05) is 95.4 Å². The van der Waals surface area contributed by atoms with Gasteiger partial charge in [0.25, 0.3) is 0 Å². The molecular weight excluding hydrogens is 830 g/mol. The normalized spacial score (nSPS) is 12.6. The molecule has 3 heterocycles. The summed E-state index contributed by atoms with van der Waals surface area (Å²) >= 11 is 0. The second-order valence-electron chi connectivity index (χ2n) is 14.4. The second kappa shape index (κ2) is 13.7. The van der Waals surface area contributed by atoms with Gasteiger partial charge in [0.1, 0.15) is 5.82 Å². The zero-order valence-electron chi connectivity index (χ0n) is 30.2. The van der Waals surface area contributed by atoms with Crippen LogP contribution in [0.5, 0.6) is 0 Å². The topological polar surface area (TPSA) is 27.5 Å². The largest absolute Gasteiger partial charge is 2.00 e. The first-order valence-corrected chi connectivity index (χ1v) is 17.8. The molecule has 2 aromatic heterocycles. The maximum Gasteiger partial charge on any atom is 2.00 e. The third kappa shape index (κ3) is 6.09. The van der Waals surface area contributed by atoms with Crippen molar-refractivity contribution in [1.29, 1.82) is 0 Å². The van der Waals surface area contributed by atoms with Crippen molar-refractivity contribution in [1.82, 2.24) is 9.55 Å². The SMILES string of the molecule is Cc1ccccc1-c1ccnc(-n2c3[c-]c(N(c4[c-]c(N5CN(C(C)(C)C)c6ccccc65)ccc4)c4ccccc4)ccc3c3ccccc32)c1.[Pt+2]. The van der Waals surface area contributed by atoms with Crippen LogP contribution >= 0.6 is 0 Å². The number of pyridine rings is 1. The molecule has 0 saturated carbocycles. The molecule has 9 rings (SSSR count). The van der Waals surface area contributed by atoms with E-state index in [-0.39, 0.29) is 26.6 Å². The molecule has 0 radical (unpaired) electrons.